The van der Waals surface area contributed by atoms with Gasteiger partial charge in [0.25, 0.3) is 0 Å². The Bertz CT molecular complexity index is 500. The minimum atomic E-state index is -0.491. The van der Waals surface area contributed by atoms with Crippen LogP contribution >= 0.6 is 0 Å². The number of nitriles is 1. The van der Waals surface area contributed by atoms with Gasteiger partial charge in [-0.15, -0.1) is 0 Å². The van der Waals surface area contributed by atoms with E-state index in [2.05, 4.69) is 11.0 Å². The van der Waals surface area contributed by atoms with Crippen molar-refractivity contribution in [2.45, 2.75) is 19.4 Å². The molecule has 0 unspecified atom stereocenters. The van der Waals surface area contributed by atoms with Crippen molar-refractivity contribution in [3.05, 3.63) is 30.3 Å². The van der Waals surface area contributed by atoms with E-state index in [4.69, 9.17) is 10.00 Å². The average Bonchev–Trinajstić information content (AvgIpc) is 2.48. The van der Waals surface area contributed by atoms with Crippen molar-refractivity contribution in [1.82, 2.24) is 9.80 Å². The van der Waals surface area contributed by atoms with E-state index in [0.29, 0.717) is 31.9 Å². The summed E-state index contributed by atoms with van der Waals surface area (Å²) in [7, 11) is 0. The van der Waals surface area contributed by atoms with Gasteiger partial charge in [0.1, 0.15) is 11.3 Å². The van der Waals surface area contributed by atoms with Crippen LogP contribution in [0.1, 0.15) is 13.8 Å². The molecule has 106 valence electrons. The number of hydrogen-bond acceptors (Lipinski definition) is 4. The molecular formula is C15H19N3O2. The van der Waals surface area contributed by atoms with Crippen molar-refractivity contribution in [1.29, 1.82) is 5.26 Å². The van der Waals surface area contributed by atoms with Crippen LogP contribution in [-0.4, -0.2) is 47.6 Å². The van der Waals surface area contributed by atoms with Gasteiger partial charge in [-0.1, -0.05) is 18.2 Å². The molecule has 1 aliphatic heterocycles. The van der Waals surface area contributed by atoms with Gasteiger partial charge in [0, 0.05) is 26.2 Å². The highest BCUT2D eigenvalue weighted by atomic mass is 16.6. The van der Waals surface area contributed by atoms with E-state index in [-0.39, 0.29) is 6.09 Å². The molecule has 1 saturated heterocycles. The molecule has 1 amide bonds. The second-order valence-electron chi connectivity index (χ2n) is 5.33. The quantitative estimate of drug-likeness (QED) is 0.828. The Hall–Kier alpha value is -2.06. The van der Waals surface area contributed by atoms with Crippen LogP contribution in [0.15, 0.2) is 30.3 Å². The van der Waals surface area contributed by atoms with Crippen molar-refractivity contribution in [2.75, 3.05) is 26.2 Å². The predicted octanol–water partition coefficient (Wildman–Crippen LogP) is 2.11. The summed E-state index contributed by atoms with van der Waals surface area (Å²) in [6, 6.07) is 11.3. The van der Waals surface area contributed by atoms with Crippen molar-refractivity contribution in [2.24, 2.45) is 0 Å². The molecule has 1 fully saturated rings. The molecule has 5 nitrogen and oxygen atoms in total. The fourth-order valence-corrected chi connectivity index (χ4v) is 2.17. The largest absolute Gasteiger partial charge is 0.415 e. The summed E-state index contributed by atoms with van der Waals surface area (Å²) < 4.78 is 5.30. The van der Waals surface area contributed by atoms with Gasteiger partial charge >= 0.3 is 6.09 Å². The van der Waals surface area contributed by atoms with Gasteiger partial charge in [0.15, 0.2) is 0 Å². The summed E-state index contributed by atoms with van der Waals surface area (Å²) in [4.78, 5) is 15.8. The number of carbonyl (C=O) groups excluding carboxylic acids is 1. The SMILES string of the molecule is CC(C)(C#N)N1CCN(C(=O)Oc2ccccc2)CC1. The van der Waals surface area contributed by atoms with E-state index in [1.165, 1.54) is 0 Å². The highest BCUT2D eigenvalue weighted by molar-refractivity contribution is 5.70. The Morgan fingerprint density at radius 1 is 1.20 bits per heavy atom. The van der Waals surface area contributed by atoms with E-state index in [0.717, 1.165) is 0 Å². The second kappa shape index (κ2) is 5.93. The summed E-state index contributed by atoms with van der Waals surface area (Å²) in [5.74, 6) is 0.553. The Morgan fingerprint density at radius 3 is 2.35 bits per heavy atom. The highest BCUT2D eigenvalue weighted by Gasteiger charge is 2.31. The number of amides is 1. The molecule has 1 aromatic carbocycles. The maximum absolute atomic E-state index is 12.0. The van der Waals surface area contributed by atoms with E-state index in [1.54, 1.807) is 17.0 Å². The summed E-state index contributed by atoms with van der Waals surface area (Å²) in [5, 5.41) is 9.12. The van der Waals surface area contributed by atoms with Crippen LogP contribution in [0.3, 0.4) is 0 Å². The van der Waals surface area contributed by atoms with Gasteiger partial charge in [0.05, 0.1) is 6.07 Å². The van der Waals surface area contributed by atoms with Crippen molar-refractivity contribution < 1.29 is 9.53 Å². The zero-order valence-electron chi connectivity index (χ0n) is 11.9. The van der Waals surface area contributed by atoms with Crippen molar-refractivity contribution in [3.8, 4) is 11.8 Å². The lowest BCUT2D eigenvalue weighted by atomic mass is 10.0. The van der Waals surface area contributed by atoms with Gasteiger partial charge in [-0.3, -0.25) is 4.90 Å². The van der Waals surface area contributed by atoms with Crippen LogP contribution in [0.4, 0.5) is 4.79 Å². The molecule has 0 bridgehead atoms. The zero-order chi connectivity index (χ0) is 14.6. The summed E-state index contributed by atoms with van der Waals surface area (Å²) in [6.45, 7) is 6.32. The molecule has 0 atom stereocenters. The average molecular weight is 273 g/mol. The smallest absolute Gasteiger partial charge is 0.410 e. The molecule has 0 aliphatic carbocycles. The number of rotatable bonds is 2. The summed E-state index contributed by atoms with van der Waals surface area (Å²) in [6.07, 6.45) is -0.328. The first-order valence-corrected chi connectivity index (χ1v) is 6.71. The third-order valence-corrected chi connectivity index (χ3v) is 3.55. The molecule has 1 aliphatic rings. The maximum Gasteiger partial charge on any atom is 0.415 e. The predicted molar refractivity (Wildman–Crippen MR) is 75.3 cm³/mol. The van der Waals surface area contributed by atoms with Crippen LogP contribution in [0.25, 0.3) is 0 Å². The first kappa shape index (κ1) is 14.4. The second-order valence-corrected chi connectivity index (χ2v) is 5.33. The fourth-order valence-electron chi connectivity index (χ4n) is 2.17. The lowest BCUT2D eigenvalue weighted by molar-refractivity contribution is 0.0769. The molecule has 0 saturated carbocycles. The van der Waals surface area contributed by atoms with Gasteiger partial charge in [-0.05, 0) is 26.0 Å². The van der Waals surface area contributed by atoms with E-state index >= 15 is 0 Å². The Balaban J connectivity index is 1.88. The molecule has 0 N–H and O–H groups in total. The Kier molecular flexibility index (Phi) is 4.26. The van der Waals surface area contributed by atoms with Gasteiger partial charge in [-0.25, -0.2) is 4.79 Å². The third kappa shape index (κ3) is 3.28. The van der Waals surface area contributed by atoms with E-state index < -0.39 is 5.54 Å². The summed E-state index contributed by atoms with van der Waals surface area (Å²) in [5.41, 5.74) is -0.491. The monoisotopic (exact) mass is 273 g/mol. The van der Waals surface area contributed by atoms with Gasteiger partial charge in [-0.2, -0.15) is 5.26 Å². The number of benzene rings is 1. The third-order valence-electron chi connectivity index (χ3n) is 3.55. The molecule has 1 heterocycles. The van der Waals surface area contributed by atoms with Crippen molar-refractivity contribution >= 4 is 6.09 Å². The summed E-state index contributed by atoms with van der Waals surface area (Å²) >= 11 is 0. The molecular weight excluding hydrogens is 254 g/mol. The van der Waals surface area contributed by atoms with Crippen LogP contribution in [0.5, 0.6) is 5.75 Å². The van der Waals surface area contributed by atoms with Crippen LogP contribution in [-0.2, 0) is 0 Å². The van der Waals surface area contributed by atoms with Crippen LogP contribution < -0.4 is 4.74 Å². The number of carbonyl (C=O) groups is 1. The fraction of sp³-hybridized carbons (Fsp3) is 0.467. The first-order chi connectivity index (χ1) is 9.53. The number of piperazine rings is 1. The molecule has 20 heavy (non-hydrogen) atoms. The molecule has 2 rings (SSSR count). The van der Waals surface area contributed by atoms with Crippen molar-refractivity contribution in [3.63, 3.8) is 0 Å². The minimum Gasteiger partial charge on any atom is -0.410 e. The van der Waals surface area contributed by atoms with Crippen LogP contribution in [0.2, 0.25) is 0 Å². The molecule has 5 heteroatoms. The standard InChI is InChI=1S/C15H19N3O2/c1-15(2,12-16)18-10-8-17(9-11-18)14(19)20-13-6-4-3-5-7-13/h3-7H,8-11H2,1-2H3. The number of nitrogens with zero attached hydrogens (tertiary/aromatic N) is 3. The van der Waals surface area contributed by atoms with E-state index in [9.17, 15) is 4.79 Å². The molecule has 0 aromatic heterocycles. The van der Waals surface area contributed by atoms with Crippen LogP contribution in [0, 0.1) is 11.3 Å². The molecule has 1 aromatic rings. The normalized spacial score (nSPS) is 16.6. The topological polar surface area (TPSA) is 56.6 Å². The zero-order valence-corrected chi connectivity index (χ0v) is 11.9. The highest BCUT2D eigenvalue weighted by Crippen LogP contribution is 2.17. The molecule has 0 radical (unpaired) electrons. The van der Waals surface area contributed by atoms with Gasteiger partial charge in [0.2, 0.25) is 0 Å². The minimum absolute atomic E-state index is 0.328. The lowest BCUT2D eigenvalue weighted by Gasteiger charge is -2.39. The number of para-hydroxylation sites is 1. The van der Waals surface area contributed by atoms with E-state index in [1.807, 2.05) is 32.0 Å². The first-order valence-electron chi connectivity index (χ1n) is 6.71. The number of ether oxygens (including phenoxy) is 1. The maximum atomic E-state index is 12.0. The molecule has 0 spiro atoms. The van der Waals surface area contributed by atoms with Gasteiger partial charge < -0.3 is 9.64 Å². The Labute approximate surface area is 119 Å². The lowest BCUT2D eigenvalue weighted by Crippen LogP contribution is -2.55. The number of hydrogen-bond donors (Lipinski definition) is 0. The Morgan fingerprint density at radius 2 is 1.80 bits per heavy atom.